The Kier molecular flexibility index (Phi) is 4.40. The third-order valence-electron chi connectivity index (χ3n) is 5.54. The molecule has 1 aliphatic carbocycles. The number of likely N-dealkylation sites (tertiary alicyclic amines) is 1. The summed E-state index contributed by atoms with van der Waals surface area (Å²) in [5.74, 6) is 2.02. The van der Waals surface area contributed by atoms with E-state index in [4.69, 9.17) is 9.15 Å². The summed E-state index contributed by atoms with van der Waals surface area (Å²) in [5.41, 5.74) is 1.23. The molecule has 2 saturated heterocycles. The SMILES string of the molecule is O=C(C[C@@H]1OC[C@@H]2CN(Cc3ccoc3)CC[C@@H]21)NCC1CC1. The van der Waals surface area contributed by atoms with Gasteiger partial charge in [-0.05, 0) is 43.7 Å². The molecule has 3 fully saturated rings. The van der Waals surface area contributed by atoms with Gasteiger partial charge in [-0.1, -0.05) is 0 Å². The van der Waals surface area contributed by atoms with Crippen LogP contribution in [-0.2, 0) is 16.1 Å². The summed E-state index contributed by atoms with van der Waals surface area (Å²) in [6.07, 6.45) is 7.89. The molecule has 3 atom stereocenters. The predicted octanol–water partition coefficient (Wildman–Crippen LogP) is 2.03. The highest BCUT2D eigenvalue weighted by Gasteiger charge is 2.41. The van der Waals surface area contributed by atoms with Gasteiger partial charge in [-0.3, -0.25) is 9.69 Å². The molecule has 126 valence electrons. The average Bonchev–Trinajstić information content (AvgIpc) is 3.10. The molecule has 1 aromatic heterocycles. The minimum Gasteiger partial charge on any atom is -0.472 e. The highest BCUT2D eigenvalue weighted by atomic mass is 16.5. The number of carbonyl (C=O) groups is 1. The summed E-state index contributed by atoms with van der Waals surface area (Å²) in [6.45, 7) is 4.75. The zero-order valence-corrected chi connectivity index (χ0v) is 13.6. The third-order valence-corrected chi connectivity index (χ3v) is 5.54. The molecule has 0 spiro atoms. The lowest BCUT2D eigenvalue weighted by Gasteiger charge is -2.35. The van der Waals surface area contributed by atoms with Crippen molar-refractivity contribution in [2.45, 2.75) is 38.3 Å². The van der Waals surface area contributed by atoms with Gasteiger partial charge >= 0.3 is 0 Å². The molecule has 0 radical (unpaired) electrons. The Morgan fingerprint density at radius 2 is 2.26 bits per heavy atom. The van der Waals surface area contributed by atoms with Crippen molar-refractivity contribution in [1.29, 1.82) is 0 Å². The lowest BCUT2D eigenvalue weighted by molar-refractivity contribution is -0.123. The quantitative estimate of drug-likeness (QED) is 0.872. The lowest BCUT2D eigenvalue weighted by atomic mass is 9.83. The van der Waals surface area contributed by atoms with E-state index in [1.165, 1.54) is 18.4 Å². The number of piperidine rings is 1. The molecular formula is C18H26N2O3. The van der Waals surface area contributed by atoms with Crippen LogP contribution in [0.25, 0.3) is 0 Å². The van der Waals surface area contributed by atoms with Gasteiger partial charge in [-0.25, -0.2) is 0 Å². The van der Waals surface area contributed by atoms with Crippen LogP contribution in [0.3, 0.4) is 0 Å². The van der Waals surface area contributed by atoms with Crippen LogP contribution in [0.15, 0.2) is 23.0 Å². The highest BCUT2D eigenvalue weighted by molar-refractivity contribution is 5.76. The fraction of sp³-hybridized carbons (Fsp3) is 0.722. The molecule has 3 heterocycles. The molecule has 1 amide bonds. The van der Waals surface area contributed by atoms with E-state index >= 15 is 0 Å². The fourth-order valence-corrected chi connectivity index (χ4v) is 3.99. The van der Waals surface area contributed by atoms with Crippen LogP contribution < -0.4 is 5.32 Å². The molecule has 5 heteroatoms. The van der Waals surface area contributed by atoms with Crippen molar-refractivity contribution >= 4 is 5.91 Å². The molecule has 0 aromatic carbocycles. The van der Waals surface area contributed by atoms with Gasteiger partial charge in [0.15, 0.2) is 0 Å². The number of furan rings is 1. The summed E-state index contributed by atoms with van der Waals surface area (Å²) < 4.78 is 11.1. The van der Waals surface area contributed by atoms with E-state index in [0.29, 0.717) is 18.3 Å². The first kappa shape index (κ1) is 15.2. The van der Waals surface area contributed by atoms with Gasteiger partial charge in [0.1, 0.15) is 0 Å². The minimum absolute atomic E-state index is 0.121. The number of carbonyl (C=O) groups excluding carboxylic acids is 1. The third kappa shape index (κ3) is 3.78. The summed E-state index contributed by atoms with van der Waals surface area (Å²) in [5, 5.41) is 3.07. The van der Waals surface area contributed by atoms with E-state index in [9.17, 15) is 4.79 Å². The van der Waals surface area contributed by atoms with Crippen LogP contribution >= 0.6 is 0 Å². The number of rotatable bonds is 6. The normalized spacial score (nSPS) is 31.0. The van der Waals surface area contributed by atoms with Crippen LogP contribution in [0.4, 0.5) is 0 Å². The number of nitrogens with one attached hydrogen (secondary N) is 1. The summed E-state index contributed by atoms with van der Waals surface area (Å²) in [7, 11) is 0. The van der Waals surface area contributed by atoms with Crippen molar-refractivity contribution in [3.8, 4) is 0 Å². The minimum atomic E-state index is 0.121. The monoisotopic (exact) mass is 318 g/mol. The van der Waals surface area contributed by atoms with E-state index in [0.717, 1.165) is 45.1 Å². The topological polar surface area (TPSA) is 54.7 Å². The van der Waals surface area contributed by atoms with Gasteiger partial charge in [0, 0.05) is 31.1 Å². The van der Waals surface area contributed by atoms with Gasteiger partial charge in [0.2, 0.25) is 5.91 Å². The highest BCUT2D eigenvalue weighted by Crippen LogP contribution is 2.36. The first-order valence-electron chi connectivity index (χ1n) is 8.89. The molecule has 2 aliphatic heterocycles. The van der Waals surface area contributed by atoms with E-state index < -0.39 is 0 Å². The Morgan fingerprint density at radius 3 is 3.04 bits per heavy atom. The number of nitrogens with zero attached hydrogens (tertiary/aromatic N) is 1. The van der Waals surface area contributed by atoms with Crippen molar-refractivity contribution < 1.29 is 13.9 Å². The molecule has 4 rings (SSSR count). The molecular weight excluding hydrogens is 292 g/mol. The number of hydrogen-bond acceptors (Lipinski definition) is 4. The zero-order chi connectivity index (χ0) is 15.6. The second-order valence-electron chi connectivity index (χ2n) is 7.40. The molecule has 1 N–H and O–H groups in total. The van der Waals surface area contributed by atoms with Crippen molar-refractivity contribution in [3.63, 3.8) is 0 Å². The second-order valence-corrected chi connectivity index (χ2v) is 7.40. The molecule has 3 aliphatic rings. The van der Waals surface area contributed by atoms with E-state index in [2.05, 4.69) is 10.2 Å². The van der Waals surface area contributed by atoms with Gasteiger partial charge in [0.05, 0.1) is 31.7 Å². The second kappa shape index (κ2) is 6.65. The number of hydrogen-bond donors (Lipinski definition) is 1. The van der Waals surface area contributed by atoms with Crippen LogP contribution in [0.2, 0.25) is 0 Å². The standard InChI is InChI=1S/C18H26N2O3/c21-18(19-8-13-1-2-13)7-17-16-3-5-20(10-15(16)12-23-17)9-14-4-6-22-11-14/h4,6,11,13,15-17H,1-3,5,7-10,12H2,(H,19,21)/t15-,16-,17-/m0/s1. The number of fused-ring (bicyclic) bond motifs is 1. The lowest BCUT2D eigenvalue weighted by Crippen LogP contribution is -2.42. The van der Waals surface area contributed by atoms with Gasteiger partial charge in [0.25, 0.3) is 0 Å². The van der Waals surface area contributed by atoms with E-state index in [1.807, 2.05) is 12.3 Å². The van der Waals surface area contributed by atoms with Crippen LogP contribution in [0.1, 0.15) is 31.2 Å². The number of amides is 1. The predicted molar refractivity (Wildman–Crippen MR) is 85.7 cm³/mol. The van der Waals surface area contributed by atoms with Gasteiger partial charge < -0.3 is 14.5 Å². The first-order valence-corrected chi connectivity index (χ1v) is 8.89. The van der Waals surface area contributed by atoms with Gasteiger partial charge in [-0.15, -0.1) is 0 Å². The molecule has 1 aromatic rings. The van der Waals surface area contributed by atoms with Crippen LogP contribution in [0.5, 0.6) is 0 Å². The van der Waals surface area contributed by atoms with Crippen molar-refractivity contribution in [3.05, 3.63) is 24.2 Å². The van der Waals surface area contributed by atoms with Crippen molar-refractivity contribution in [2.75, 3.05) is 26.2 Å². The molecule has 0 bridgehead atoms. The number of ether oxygens (including phenoxy) is 1. The molecule has 23 heavy (non-hydrogen) atoms. The van der Waals surface area contributed by atoms with Crippen LogP contribution in [-0.4, -0.2) is 43.2 Å². The summed E-state index contributed by atoms with van der Waals surface area (Å²) >= 11 is 0. The summed E-state index contributed by atoms with van der Waals surface area (Å²) in [6, 6.07) is 2.03. The van der Waals surface area contributed by atoms with Crippen LogP contribution in [0, 0.1) is 17.8 Å². The Balaban J connectivity index is 1.25. The molecule has 1 saturated carbocycles. The Morgan fingerprint density at radius 1 is 1.35 bits per heavy atom. The van der Waals surface area contributed by atoms with Crippen molar-refractivity contribution in [2.24, 2.45) is 17.8 Å². The van der Waals surface area contributed by atoms with Crippen molar-refractivity contribution in [1.82, 2.24) is 10.2 Å². The average molecular weight is 318 g/mol. The molecule has 5 nitrogen and oxygen atoms in total. The van der Waals surface area contributed by atoms with E-state index in [-0.39, 0.29) is 12.0 Å². The Labute approximate surface area is 137 Å². The summed E-state index contributed by atoms with van der Waals surface area (Å²) in [4.78, 5) is 14.5. The maximum atomic E-state index is 12.1. The van der Waals surface area contributed by atoms with Gasteiger partial charge in [-0.2, -0.15) is 0 Å². The molecule has 0 unspecified atom stereocenters. The van der Waals surface area contributed by atoms with E-state index in [1.54, 1.807) is 6.26 Å². The zero-order valence-electron chi connectivity index (χ0n) is 13.6. The Bertz CT molecular complexity index is 526. The largest absolute Gasteiger partial charge is 0.472 e. The maximum absolute atomic E-state index is 12.1. The first-order chi connectivity index (χ1) is 11.3. The smallest absolute Gasteiger partial charge is 0.222 e. The maximum Gasteiger partial charge on any atom is 0.222 e. The Hall–Kier alpha value is -1.33. The fourth-order valence-electron chi connectivity index (χ4n) is 3.99.